The van der Waals surface area contributed by atoms with Crippen molar-refractivity contribution in [2.24, 2.45) is 0 Å². The Balaban J connectivity index is 1.91. The fraction of sp³-hybridized carbons (Fsp3) is 0.158. The van der Waals surface area contributed by atoms with Gasteiger partial charge in [-0.05, 0) is 31.2 Å². The number of amides is 2. The zero-order valence-corrected chi connectivity index (χ0v) is 16.2. The SMILES string of the molecule is Cc1onc(-c2ccccc2Cl)c1NC(=O)Nc1cc(C(F)(F)F)cc(C(F)(F)F)c1. The van der Waals surface area contributed by atoms with E-state index in [4.69, 9.17) is 16.1 Å². The lowest BCUT2D eigenvalue weighted by molar-refractivity contribution is -0.143. The average molecular weight is 464 g/mol. The van der Waals surface area contributed by atoms with E-state index in [1.54, 1.807) is 24.3 Å². The Morgan fingerprint density at radius 1 is 0.968 bits per heavy atom. The van der Waals surface area contributed by atoms with Crippen molar-refractivity contribution >= 4 is 29.0 Å². The predicted octanol–water partition coefficient (Wildman–Crippen LogP) is 6.99. The molecule has 0 unspecified atom stereocenters. The molecule has 0 aliphatic carbocycles. The first-order valence-electron chi connectivity index (χ1n) is 8.45. The molecule has 3 aromatic rings. The van der Waals surface area contributed by atoms with Gasteiger partial charge in [0, 0.05) is 11.3 Å². The monoisotopic (exact) mass is 463 g/mol. The number of halogens is 7. The summed E-state index contributed by atoms with van der Waals surface area (Å²) in [6, 6.07) is 6.10. The van der Waals surface area contributed by atoms with Gasteiger partial charge in [0.05, 0.1) is 16.1 Å². The zero-order valence-electron chi connectivity index (χ0n) is 15.5. The van der Waals surface area contributed by atoms with Crippen LogP contribution in [0.3, 0.4) is 0 Å². The van der Waals surface area contributed by atoms with Crippen LogP contribution in [0.15, 0.2) is 47.0 Å². The first kappa shape index (κ1) is 22.5. The second-order valence-corrected chi connectivity index (χ2v) is 6.72. The second kappa shape index (κ2) is 8.14. The molecule has 2 aromatic carbocycles. The molecular formula is C19H12ClF6N3O2. The van der Waals surface area contributed by atoms with Crippen molar-refractivity contribution in [3.63, 3.8) is 0 Å². The van der Waals surface area contributed by atoms with Crippen molar-refractivity contribution in [3.05, 3.63) is 64.4 Å². The van der Waals surface area contributed by atoms with E-state index in [-0.39, 0.29) is 28.2 Å². The highest BCUT2D eigenvalue weighted by Crippen LogP contribution is 2.38. The van der Waals surface area contributed by atoms with E-state index in [1.165, 1.54) is 6.92 Å². The number of nitrogens with one attached hydrogen (secondary N) is 2. The quantitative estimate of drug-likeness (QED) is 0.411. The van der Waals surface area contributed by atoms with Gasteiger partial charge in [-0.1, -0.05) is 35.0 Å². The van der Waals surface area contributed by atoms with Crippen LogP contribution in [0.25, 0.3) is 11.3 Å². The number of urea groups is 1. The number of aromatic nitrogens is 1. The van der Waals surface area contributed by atoms with Gasteiger partial charge in [-0.3, -0.25) is 0 Å². The molecule has 31 heavy (non-hydrogen) atoms. The molecule has 2 N–H and O–H groups in total. The van der Waals surface area contributed by atoms with Gasteiger partial charge >= 0.3 is 18.4 Å². The molecule has 164 valence electrons. The lowest BCUT2D eigenvalue weighted by atomic mass is 10.1. The molecule has 3 rings (SSSR count). The van der Waals surface area contributed by atoms with Crippen LogP contribution in [-0.4, -0.2) is 11.2 Å². The number of nitrogens with zero attached hydrogens (tertiary/aromatic N) is 1. The van der Waals surface area contributed by atoms with Gasteiger partial charge in [0.2, 0.25) is 0 Å². The molecule has 1 heterocycles. The van der Waals surface area contributed by atoms with E-state index in [1.807, 2.05) is 5.32 Å². The summed E-state index contributed by atoms with van der Waals surface area (Å²) in [5, 5.41) is 8.38. The lowest BCUT2D eigenvalue weighted by Gasteiger charge is -2.15. The number of carbonyl (C=O) groups is 1. The number of aryl methyl sites for hydroxylation is 1. The molecule has 0 radical (unpaired) electrons. The number of anilines is 2. The molecule has 0 fully saturated rings. The van der Waals surface area contributed by atoms with Crippen molar-refractivity contribution in [1.29, 1.82) is 0 Å². The Labute approximate surface area is 176 Å². The van der Waals surface area contributed by atoms with Crippen molar-refractivity contribution in [2.75, 3.05) is 10.6 Å². The molecule has 0 aliphatic rings. The minimum Gasteiger partial charge on any atom is -0.359 e. The summed E-state index contributed by atoms with van der Waals surface area (Å²) in [4.78, 5) is 12.3. The average Bonchev–Trinajstić information content (AvgIpc) is 3.00. The first-order chi connectivity index (χ1) is 14.4. The van der Waals surface area contributed by atoms with Crippen LogP contribution in [0.2, 0.25) is 5.02 Å². The maximum Gasteiger partial charge on any atom is 0.416 e. The summed E-state index contributed by atoms with van der Waals surface area (Å²) < 4.78 is 82.9. The topological polar surface area (TPSA) is 67.2 Å². The summed E-state index contributed by atoms with van der Waals surface area (Å²) >= 11 is 6.10. The van der Waals surface area contributed by atoms with Gasteiger partial charge in [-0.2, -0.15) is 26.3 Å². The molecule has 5 nitrogen and oxygen atoms in total. The molecule has 1 aromatic heterocycles. The van der Waals surface area contributed by atoms with Gasteiger partial charge in [-0.25, -0.2) is 4.79 Å². The number of hydrogen-bond donors (Lipinski definition) is 2. The number of benzene rings is 2. The van der Waals surface area contributed by atoms with Gasteiger partial charge in [0.25, 0.3) is 0 Å². The Kier molecular flexibility index (Phi) is 5.90. The standard InChI is InChI=1S/C19H12ClF6N3O2/c1-9-15(16(29-31-9)13-4-2-3-5-14(13)20)28-17(30)27-12-7-10(18(21,22)23)6-11(8-12)19(24,25)26/h2-8H,1H3,(H2,27,28,30). The highest BCUT2D eigenvalue weighted by atomic mass is 35.5. The molecule has 12 heteroatoms. The third-order valence-electron chi connectivity index (χ3n) is 4.08. The summed E-state index contributed by atoms with van der Waals surface area (Å²) in [6.45, 7) is 1.45. The van der Waals surface area contributed by atoms with Crippen LogP contribution < -0.4 is 10.6 Å². The highest BCUT2D eigenvalue weighted by Gasteiger charge is 2.37. The van der Waals surface area contributed by atoms with Crippen LogP contribution in [0.4, 0.5) is 42.5 Å². The number of hydrogen-bond acceptors (Lipinski definition) is 3. The van der Waals surface area contributed by atoms with Crippen LogP contribution in [0.1, 0.15) is 16.9 Å². The summed E-state index contributed by atoms with van der Waals surface area (Å²) in [7, 11) is 0. The van der Waals surface area contributed by atoms with Gasteiger partial charge in [0.15, 0.2) is 5.76 Å². The first-order valence-corrected chi connectivity index (χ1v) is 8.82. The largest absolute Gasteiger partial charge is 0.416 e. The molecule has 2 amide bonds. The number of alkyl halides is 6. The Bertz CT molecular complexity index is 1090. The van der Waals surface area contributed by atoms with E-state index < -0.39 is 35.2 Å². The van der Waals surface area contributed by atoms with Crippen LogP contribution in [0, 0.1) is 6.92 Å². The maximum atomic E-state index is 13.0. The Morgan fingerprint density at radius 2 is 1.55 bits per heavy atom. The van der Waals surface area contributed by atoms with Crippen LogP contribution in [0.5, 0.6) is 0 Å². The number of rotatable bonds is 3. The number of carbonyl (C=O) groups excluding carboxylic acids is 1. The fourth-order valence-electron chi connectivity index (χ4n) is 2.66. The van der Waals surface area contributed by atoms with E-state index in [9.17, 15) is 31.1 Å². The van der Waals surface area contributed by atoms with Crippen molar-refractivity contribution in [2.45, 2.75) is 19.3 Å². The normalized spacial score (nSPS) is 12.0. The molecule has 0 saturated heterocycles. The predicted molar refractivity (Wildman–Crippen MR) is 101 cm³/mol. The van der Waals surface area contributed by atoms with Crippen LogP contribution >= 0.6 is 11.6 Å². The Hall–Kier alpha value is -3.21. The fourth-order valence-corrected chi connectivity index (χ4v) is 2.88. The van der Waals surface area contributed by atoms with Gasteiger partial charge in [-0.15, -0.1) is 0 Å². The maximum absolute atomic E-state index is 13.0. The zero-order chi connectivity index (χ0) is 23.0. The van der Waals surface area contributed by atoms with E-state index >= 15 is 0 Å². The molecular weight excluding hydrogens is 452 g/mol. The highest BCUT2D eigenvalue weighted by molar-refractivity contribution is 6.33. The minimum absolute atomic E-state index is 0.0390. The minimum atomic E-state index is -5.05. The molecule has 0 bridgehead atoms. The van der Waals surface area contributed by atoms with E-state index in [2.05, 4.69) is 10.5 Å². The van der Waals surface area contributed by atoms with Crippen molar-refractivity contribution in [1.82, 2.24) is 5.16 Å². The summed E-state index contributed by atoms with van der Waals surface area (Å²) in [6.07, 6.45) is -10.1. The third-order valence-corrected chi connectivity index (χ3v) is 4.41. The smallest absolute Gasteiger partial charge is 0.359 e. The Morgan fingerprint density at radius 3 is 2.10 bits per heavy atom. The summed E-state index contributed by atoms with van der Waals surface area (Å²) in [5.74, 6) is 0.144. The van der Waals surface area contributed by atoms with E-state index in [0.717, 1.165) is 0 Å². The summed E-state index contributed by atoms with van der Waals surface area (Å²) in [5.41, 5.74) is -3.24. The lowest BCUT2D eigenvalue weighted by Crippen LogP contribution is -2.21. The van der Waals surface area contributed by atoms with Gasteiger partial charge in [0.1, 0.15) is 11.4 Å². The molecule has 0 aliphatic heterocycles. The molecule has 0 atom stereocenters. The van der Waals surface area contributed by atoms with E-state index in [0.29, 0.717) is 17.7 Å². The second-order valence-electron chi connectivity index (χ2n) is 6.32. The van der Waals surface area contributed by atoms with Crippen molar-refractivity contribution < 1.29 is 35.7 Å². The van der Waals surface area contributed by atoms with Crippen molar-refractivity contribution in [3.8, 4) is 11.3 Å². The molecule has 0 spiro atoms. The molecule has 0 saturated carbocycles. The third kappa shape index (κ3) is 5.10. The van der Waals surface area contributed by atoms with Gasteiger partial charge < -0.3 is 15.2 Å². The van der Waals surface area contributed by atoms with Crippen LogP contribution in [-0.2, 0) is 12.4 Å².